The maximum absolute atomic E-state index is 12.2. The van der Waals surface area contributed by atoms with Gasteiger partial charge in [-0.25, -0.2) is 4.79 Å². The Hall–Kier alpha value is -3.68. The van der Waals surface area contributed by atoms with E-state index in [0.29, 0.717) is 5.75 Å². The molecule has 0 unspecified atom stereocenters. The summed E-state index contributed by atoms with van der Waals surface area (Å²) in [5.74, 6) is -2.94. The molecule has 0 atom stereocenters. The third-order valence-corrected chi connectivity index (χ3v) is 3.79. The van der Waals surface area contributed by atoms with E-state index in [1.807, 2.05) is 26.0 Å². The Morgan fingerprint density at radius 2 is 1.71 bits per heavy atom. The van der Waals surface area contributed by atoms with Crippen molar-refractivity contribution >= 4 is 29.4 Å². The number of para-hydroxylation sites is 1. The fourth-order valence-corrected chi connectivity index (χ4v) is 2.25. The number of hydrogen-bond donors (Lipinski definition) is 2. The number of aryl methyl sites for hydroxylation is 2. The van der Waals surface area contributed by atoms with Gasteiger partial charge in [-0.15, -0.1) is 0 Å². The fraction of sp³-hybridized carbons (Fsp3) is 0.200. The minimum atomic E-state index is -1.07. The third-order valence-electron chi connectivity index (χ3n) is 3.79. The van der Waals surface area contributed by atoms with Crippen molar-refractivity contribution in [1.29, 1.82) is 0 Å². The van der Waals surface area contributed by atoms with Crippen LogP contribution in [0.2, 0.25) is 0 Å². The number of carbonyl (C=O) groups excluding carboxylic acids is 4. The lowest BCUT2D eigenvalue weighted by Crippen LogP contribution is -2.23. The lowest BCUT2D eigenvalue weighted by atomic mass is 10.1. The van der Waals surface area contributed by atoms with Crippen molar-refractivity contribution in [2.24, 2.45) is 5.73 Å². The molecule has 8 heteroatoms. The second kappa shape index (κ2) is 9.31. The predicted molar refractivity (Wildman–Crippen MR) is 101 cm³/mol. The Kier molecular flexibility index (Phi) is 6.86. The summed E-state index contributed by atoms with van der Waals surface area (Å²) in [5.41, 5.74) is 7.13. The molecule has 0 aromatic heterocycles. The van der Waals surface area contributed by atoms with Gasteiger partial charge in [-0.2, -0.15) is 0 Å². The van der Waals surface area contributed by atoms with Crippen molar-refractivity contribution < 1.29 is 28.7 Å². The van der Waals surface area contributed by atoms with E-state index in [9.17, 15) is 19.2 Å². The third kappa shape index (κ3) is 5.94. The normalized spacial score (nSPS) is 10.1. The molecule has 0 aliphatic rings. The molecule has 3 N–H and O–H groups in total. The highest BCUT2D eigenvalue weighted by molar-refractivity contribution is 6.06. The maximum atomic E-state index is 12.2. The number of benzene rings is 2. The highest BCUT2D eigenvalue weighted by atomic mass is 16.6. The van der Waals surface area contributed by atoms with Crippen molar-refractivity contribution in [2.75, 3.05) is 11.9 Å². The average Bonchev–Trinajstić information content (AvgIpc) is 2.62. The van der Waals surface area contributed by atoms with Gasteiger partial charge in [0.15, 0.2) is 6.61 Å². The average molecular weight is 384 g/mol. The summed E-state index contributed by atoms with van der Waals surface area (Å²) in [6, 6.07) is 11.4. The van der Waals surface area contributed by atoms with Crippen LogP contribution in [0.3, 0.4) is 0 Å². The number of nitrogens with two attached hydrogens (primary N) is 1. The topological polar surface area (TPSA) is 125 Å². The van der Waals surface area contributed by atoms with Gasteiger partial charge in [-0.3, -0.25) is 14.4 Å². The van der Waals surface area contributed by atoms with Gasteiger partial charge in [-0.05, 0) is 49.2 Å². The minimum absolute atomic E-state index is 0.0418. The van der Waals surface area contributed by atoms with Gasteiger partial charge in [0.25, 0.3) is 5.91 Å². The summed E-state index contributed by atoms with van der Waals surface area (Å²) in [7, 11) is 0. The molecule has 2 aromatic rings. The van der Waals surface area contributed by atoms with Crippen molar-refractivity contribution in [3.05, 3.63) is 59.2 Å². The molecule has 0 aliphatic carbocycles. The first-order valence-electron chi connectivity index (χ1n) is 8.38. The van der Waals surface area contributed by atoms with E-state index in [2.05, 4.69) is 10.1 Å². The molecule has 28 heavy (non-hydrogen) atoms. The molecule has 0 fully saturated rings. The highest BCUT2D eigenvalue weighted by Gasteiger charge is 2.19. The van der Waals surface area contributed by atoms with Gasteiger partial charge in [0, 0.05) is 0 Å². The largest absolute Gasteiger partial charge is 0.484 e. The van der Waals surface area contributed by atoms with E-state index in [1.165, 1.54) is 18.2 Å². The Bertz CT molecular complexity index is 923. The lowest BCUT2D eigenvalue weighted by molar-refractivity contribution is -0.140. The monoisotopic (exact) mass is 384 g/mol. The predicted octanol–water partition coefficient (Wildman–Crippen LogP) is 1.88. The summed E-state index contributed by atoms with van der Waals surface area (Å²) < 4.78 is 10.0. The number of carbonyl (C=O) groups is 4. The Morgan fingerprint density at radius 1 is 1.00 bits per heavy atom. The van der Waals surface area contributed by atoms with E-state index in [-0.39, 0.29) is 17.9 Å². The molecule has 0 bridgehead atoms. The summed E-state index contributed by atoms with van der Waals surface area (Å²) in [6.45, 7) is 3.63. The molecule has 2 amide bonds. The standard InChI is InChI=1S/C20H20N2O6/c1-12-7-8-14(9-13(12)2)27-11-18(24)22-16-6-4-3-5-15(16)20(26)28-19(25)10-17(21)23/h3-9H,10-11H2,1-2H3,(H2,21,23)(H,22,24). The first-order valence-corrected chi connectivity index (χ1v) is 8.38. The van der Waals surface area contributed by atoms with E-state index < -0.39 is 30.2 Å². The van der Waals surface area contributed by atoms with Crippen LogP contribution in [0.15, 0.2) is 42.5 Å². The number of primary amides is 1. The SMILES string of the molecule is Cc1ccc(OCC(=O)Nc2ccccc2C(=O)OC(=O)CC(N)=O)cc1C. The van der Waals surface area contributed by atoms with E-state index in [1.54, 1.807) is 12.1 Å². The van der Waals surface area contributed by atoms with Crippen molar-refractivity contribution in [3.63, 3.8) is 0 Å². The van der Waals surface area contributed by atoms with Crippen LogP contribution in [0, 0.1) is 13.8 Å². The Balaban J connectivity index is 2.00. The van der Waals surface area contributed by atoms with E-state index in [4.69, 9.17) is 10.5 Å². The fourth-order valence-electron chi connectivity index (χ4n) is 2.25. The van der Waals surface area contributed by atoms with Crippen LogP contribution in [-0.4, -0.2) is 30.4 Å². The van der Waals surface area contributed by atoms with Gasteiger partial charge in [0.1, 0.15) is 12.2 Å². The summed E-state index contributed by atoms with van der Waals surface area (Å²) in [6.07, 6.45) is -0.718. The zero-order valence-corrected chi connectivity index (χ0v) is 15.5. The van der Waals surface area contributed by atoms with Gasteiger partial charge in [0.05, 0.1) is 11.3 Å². The van der Waals surface area contributed by atoms with Crippen LogP contribution >= 0.6 is 0 Å². The number of anilines is 1. The lowest BCUT2D eigenvalue weighted by Gasteiger charge is -2.11. The van der Waals surface area contributed by atoms with Crippen LogP contribution in [0.1, 0.15) is 27.9 Å². The molecule has 146 valence electrons. The molecule has 0 spiro atoms. The number of amides is 2. The molecular weight excluding hydrogens is 364 g/mol. The first-order chi connectivity index (χ1) is 13.3. The van der Waals surface area contributed by atoms with Crippen LogP contribution in [-0.2, 0) is 19.1 Å². The summed E-state index contributed by atoms with van der Waals surface area (Å²) in [4.78, 5) is 46.4. The summed E-state index contributed by atoms with van der Waals surface area (Å²) >= 11 is 0. The molecule has 2 rings (SSSR count). The van der Waals surface area contributed by atoms with Gasteiger partial charge < -0.3 is 20.5 Å². The molecular formula is C20H20N2O6. The van der Waals surface area contributed by atoms with Gasteiger partial charge >= 0.3 is 11.9 Å². The number of esters is 2. The van der Waals surface area contributed by atoms with Gasteiger partial charge in [-0.1, -0.05) is 18.2 Å². The Labute approximate surface area is 161 Å². The quantitative estimate of drug-likeness (QED) is 0.555. The zero-order chi connectivity index (χ0) is 20.7. The van der Waals surface area contributed by atoms with Gasteiger partial charge in [0.2, 0.25) is 5.91 Å². The molecule has 0 radical (unpaired) electrons. The molecule has 0 heterocycles. The zero-order valence-electron chi connectivity index (χ0n) is 15.5. The van der Waals surface area contributed by atoms with E-state index in [0.717, 1.165) is 11.1 Å². The van der Waals surface area contributed by atoms with E-state index >= 15 is 0 Å². The van der Waals surface area contributed by atoms with Crippen LogP contribution in [0.25, 0.3) is 0 Å². The Morgan fingerprint density at radius 3 is 2.39 bits per heavy atom. The number of ether oxygens (including phenoxy) is 2. The first kappa shape index (κ1) is 20.6. The van der Waals surface area contributed by atoms with Crippen LogP contribution in [0.4, 0.5) is 5.69 Å². The number of rotatable bonds is 7. The number of nitrogens with one attached hydrogen (secondary N) is 1. The molecule has 8 nitrogen and oxygen atoms in total. The number of hydrogen-bond acceptors (Lipinski definition) is 6. The second-order valence-corrected chi connectivity index (χ2v) is 6.03. The van der Waals surface area contributed by atoms with Crippen molar-refractivity contribution in [2.45, 2.75) is 20.3 Å². The summed E-state index contributed by atoms with van der Waals surface area (Å²) in [5, 5.41) is 2.53. The molecule has 0 aliphatic heterocycles. The molecule has 0 saturated carbocycles. The molecule has 2 aromatic carbocycles. The van der Waals surface area contributed by atoms with Crippen LogP contribution < -0.4 is 15.8 Å². The maximum Gasteiger partial charge on any atom is 0.347 e. The highest BCUT2D eigenvalue weighted by Crippen LogP contribution is 2.18. The second-order valence-electron chi connectivity index (χ2n) is 6.03. The minimum Gasteiger partial charge on any atom is -0.484 e. The molecule has 0 saturated heterocycles. The van der Waals surface area contributed by atoms with Crippen molar-refractivity contribution in [3.8, 4) is 5.75 Å². The van der Waals surface area contributed by atoms with Crippen LogP contribution in [0.5, 0.6) is 5.75 Å². The van der Waals surface area contributed by atoms with Crippen molar-refractivity contribution in [1.82, 2.24) is 0 Å². The smallest absolute Gasteiger partial charge is 0.347 e.